The highest BCUT2D eigenvalue weighted by atomic mass is 16.6. The molecule has 2 aromatic rings. The average molecular weight is 216 g/mol. The number of nitrogens with one attached hydrogen (secondary N) is 1. The molecule has 3 nitrogen and oxygen atoms in total. The zero-order valence-electron chi connectivity index (χ0n) is 9.63. The van der Waals surface area contributed by atoms with E-state index in [9.17, 15) is 4.79 Å². The Morgan fingerprint density at radius 2 is 2.19 bits per heavy atom. The first-order valence-corrected chi connectivity index (χ1v) is 5.18. The fraction of sp³-hybridized carbons (Fsp3) is 0.308. The van der Waals surface area contributed by atoms with Crippen LogP contribution in [0.3, 0.4) is 0 Å². The highest BCUT2D eigenvalue weighted by molar-refractivity contribution is 5.94. The van der Waals surface area contributed by atoms with Crippen LogP contribution in [0.2, 0.25) is 0 Å². The number of ether oxygens (including phenoxy) is 1. The second-order valence-electron chi connectivity index (χ2n) is 4.70. The molecule has 0 aliphatic rings. The monoisotopic (exact) mass is 216 g/mol. The number of fused-ring (bicyclic) bond motifs is 1. The van der Waals surface area contributed by atoms with Gasteiger partial charge in [0.15, 0.2) is 0 Å². The van der Waals surface area contributed by atoms with Crippen molar-refractivity contribution in [1.82, 2.24) is 4.98 Å². The van der Waals surface area contributed by atoms with Crippen LogP contribution in [0.15, 0.2) is 24.3 Å². The summed E-state index contributed by atoms with van der Waals surface area (Å²) in [6.07, 6.45) is 0. The van der Waals surface area contributed by atoms with Crippen LogP contribution in [0.4, 0.5) is 0 Å². The molecule has 0 saturated carbocycles. The van der Waals surface area contributed by atoms with E-state index >= 15 is 0 Å². The van der Waals surface area contributed by atoms with Crippen LogP contribution in [0.5, 0.6) is 0 Å². The molecule has 2 rings (SSSR count). The van der Waals surface area contributed by atoms with Crippen LogP contribution in [-0.4, -0.2) is 16.6 Å². The number of carbonyl (C=O) groups is 1. The van der Waals surface area contributed by atoms with Gasteiger partial charge in [0.05, 0.1) is 0 Å². The van der Waals surface area contributed by atoms with Crippen molar-refractivity contribution >= 4 is 16.9 Å². The molecule has 16 heavy (non-hydrogen) atoms. The summed E-state index contributed by atoms with van der Waals surface area (Å²) in [7, 11) is 0. The molecule has 0 fully saturated rings. The van der Waals surface area contributed by atoms with Crippen molar-refractivity contribution in [2.75, 3.05) is 0 Å². The van der Waals surface area contributed by atoms with Gasteiger partial charge in [-0.05, 0) is 45.0 Å². The van der Waals surface area contributed by atoms with Gasteiger partial charge in [0, 0.05) is 10.9 Å². The largest absolute Gasteiger partial charge is 0.455 e. The van der Waals surface area contributed by atoms with Crippen molar-refractivity contribution < 1.29 is 9.53 Å². The van der Waals surface area contributed by atoms with Gasteiger partial charge in [0.25, 0.3) is 0 Å². The third kappa shape index (κ3) is 2.24. The summed E-state index contributed by atoms with van der Waals surface area (Å²) in [5.74, 6) is -0.330. The first-order valence-electron chi connectivity index (χ1n) is 5.18. The summed E-state index contributed by atoms with van der Waals surface area (Å²) >= 11 is 0. The molecule has 3 heteroatoms. The Hall–Kier alpha value is -1.77. The first-order chi connectivity index (χ1) is 7.46. The third-order valence-corrected chi connectivity index (χ3v) is 2.08. The lowest BCUT2D eigenvalue weighted by molar-refractivity contribution is 0.00639. The third-order valence-electron chi connectivity index (χ3n) is 2.08. The highest BCUT2D eigenvalue weighted by Crippen LogP contribution is 2.17. The molecule has 0 amide bonds. The van der Waals surface area contributed by atoms with Crippen LogP contribution in [-0.2, 0) is 4.74 Å². The number of hydrogen-bond acceptors (Lipinski definition) is 2. The molecule has 1 heterocycles. The minimum atomic E-state index is -0.472. The van der Waals surface area contributed by atoms with Crippen molar-refractivity contribution in [2.45, 2.75) is 26.4 Å². The van der Waals surface area contributed by atoms with Gasteiger partial charge in [-0.15, -0.1) is 0 Å². The molecule has 0 unspecified atom stereocenters. The summed E-state index contributed by atoms with van der Waals surface area (Å²) in [6, 6.07) is 10.3. The molecule has 0 bridgehead atoms. The zero-order chi connectivity index (χ0) is 11.8. The fourth-order valence-electron chi connectivity index (χ4n) is 1.46. The summed E-state index contributed by atoms with van der Waals surface area (Å²) in [6.45, 7) is 5.55. The van der Waals surface area contributed by atoms with Crippen molar-refractivity contribution in [2.24, 2.45) is 0 Å². The standard InChI is InChI=1S/C13H14NO2/c1-13(2,3)16-12(15)11-8-9-6-4-5-7-10(9)14-11/h5-8,14H,1-3H3. The lowest BCUT2D eigenvalue weighted by atomic mass is 10.2. The molecular formula is C13H14NO2. The Morgan fingerprint density at radius 1 is 1.44 bits per heavy atom. The second-order valence-corrected chi connectivity index (χ2v) is 4.70. The van der Waals surface area contributed by atoms with Crippen LogP contribution >= 0.6 is 0 Å². The van der Waals surface area contributed by atoms with Crippen LogP contribution < -0.4 is 0 Å². The van der Waals surface area contributed by atoms with Crippen LogP contribution in [0.25, 0.3) is 10.9 Å². The van der Waals surface area contributed by atoms with Crippen molar-refractivity contribution in [3.05, 3.63) is 36.0 Å². The van der Waals surface area contributed by atoms with Gasteiger partial charge in [-0.1, -0.05) is 6.07 Å². The van der Waals surface area contributed by atoms with Gasteiger partial charge < -0.3 is 9.72 Å². The maximum atomic E-state index is 11.8. The Morgan fingerprint density at radius 3 is 2.81 bits per heavy atom. The average Bonchev–Trinajstić information content (AvgIpc) is 2.58. The smallest absolute Gasteiger partial charge is 0.355 e. The first kappa shape index (κ1) is 10.7. The molecule has 1 N–H and O–H groups in total. The molecule has 0 saturated heterocycles. The van der Waals surface area contributed by atoms with Crippen LogP contribution in [0.1, 0.15) is 31.3 Å². The van der Waals surface area contributed by atoms with E-state index in [-0.39, 0.29) is 5.97 Å². The molecule has 1 aromatic carbocycles. The number of aromatic amines is 1. The quantitative estimate of drug-likeness (QED) is 0.745. The SMILES string of the molecule is CC(C)(C)OC(=O)c1cc2c[c]ccc2[nH]1. The molecule has 0 aliphatic carbocycles. The van der Waals surface area contributed by atoms with E-state index in [1.807, 2.05) is 32.9 Å². The second kappa shape index (κ2) is 3.67. The van der Waals surface area contributed by atoms with Gasteiger partial charge in [-0.2, -0.15) is 0 Å². The van der Waals surface area contributed by atoms with E-state index in [0.29, 0.717) is 5.69 Å². The van der Waals surface area contributed by atoms with Gasteiger partial charge in [-0.25, -0.2) is 4.79 Å². The minimum Gasteiger partial charge on any atom is -0.455 e. The predicted octanol–water partition coefficient (Wildman–Crippen LogP) is 2.92. The minimum absolute atomic E-state index is 0.330. The molecule has 0 aliphatic heterocycles. The molecule has 0 atom stereocenters. The normalized spacial score (nSPS) is 11.7. The van der Waals surface area contributed by atoms with E-state index in [0.717, 1.165) is 10.9 Å². The Kier molecular flexibility index (Phi) is 2.46. The lowest BCUT2D eigenvalue weighted by Gasteiger charge is -2.18. The number of aromatic nitrogens is 1. The summed E-state index contributed by atoms with van der Waals surface area (Å²) < 4.78 is 5.27. The van der Waals surface area contributed by atoms with E-state index in [2.05, 4.69) is 11.1 Å². The summed E-state index contributed by atoms with van der Waals surface area (Å²) in [5.41, 5.74) is 0.921. The number of H-pyrrole nitrogens is 1. The van der Waals surface area contributed by atoms with Crippen molar-refractivity contribution in [3.8, 4) is 0 Å². The van der Waals surface area contributed by atoms with E-state index in [1.54, 1.807) is 12.1 Å². The van der Waals surface area contributed by atoms with Gasteiger partial charge >= 0.3 is 5.97 Å². The van der Waals surface area contributed by atoms with E-state index in [1.165, 1.54) is 0 Å². The Balaban J connectivity index is 2.30. The van der Waals surface area contributed by atoms with Crippen molar-refractivity contribution in [3.63, 3.8) is 0 Å². The highest BCUT2D eigenvalue weighted by Gasteiger charge is 2.19. The van der Waals surface area contributed by atoms with Gasteiger partial charge in [0.2, 0.25) is 0 Å². The lowest BCUT2D eigenvalue weighted by Crippen LogP contribution is -2.24. The molecule has 1 aromatic heterocycles. The van der Waals surface area contributed by atoms with Crippen LogP contribution in [0, 0.1) is 6.07 Å². The summed E-state index contributed by atoms with van der Waals surface area (Å²) in [4.78, 5) is 14.8. The molecule has 1 radical (unpaired) electrons. The van der Waals surface area contributed by atoms with E-state index in [4.69, 9.17) is 4.74 Å². The maximum absolute atomic E-state index is 11.8. The fourth-order valence-corrected chi connectivity index (χ4v) is 1.46. The van der Waals surface area contributed by atoms with Gasteiger partial charge in [-0.3, -0.25) is 0 Å². The number of carbonyl (C=O) groups excluding carboxylic acids is 1. The molecule has 0 spiro atoms. The number of hydrogen-bond donors (Lipinski definition) is 1. The molecular weight excluding hydrogens is 202 g/mol. The zero-order valence-corrected chi connectivity index (χ0v) is 9.63. The summed E-state index contributed by atoms with van der Waals surface area (Å²) in [5, 5.41) is 0.961. The van der Waals surface area contributed by atoms with Gasteiger partial charge in [0.1, 0.15) is 11.3 Å². The predicted molar refractivity (Wildman–Crippen MR) is 62.3 cm³/mol. The topological polar surface area (TPSA) is 42.1 Å². The number of benzene rings is 1. The molecule has 83 valence electrons. The van der Waals surface area contributed by atoms with Crippen molar-refractivity contribution in [1.29, 1.82) is 0 Å². The van der Waals surface area contributed by atoms with E-state index < -0.39 is 5.60 Å². The maximum Gasteiger partial charge on any atom is 0.355 e. The number of esters is 1. The number of rotatable bonds is 1. The Bertz CT molecular complexity index is 487. The Labute approximate surface area is 94.4 Å².